The maximum atomic E-state index is 11.8. The molecule has 0 aliphatic carbocycles. The van der Waals surface area contributed by atoms with E-state index in [0.717, 1.165) is 5.56 Å². The van der Waals surface area contributed by atoms with Crippen molar-refractivity contribution in [3.05, 3.63) is 18.0 Å². The maximum Gasteiger partial charge on any atom is 0.232 e. The van der Waals surface area contributed by atoms with Gasteiger partial charge in [-0.3, -0.25) is 9.48 Å². The zero-order valence-electron chi connectivity index (χ0n) is 10.4. The number of aryl methyl sites for hydroxylation is 1. The first-order valence-corrected chi connectivity index (χ1v) is 5.82. The summed E-state index contributed by atoms with van der Waals surface area (Å²) < 4.78 is 1.78. The molecule has 1 aromatic rings. The van der Waals surface area contributed by atoms with Crippen molar-refractivity contribution in [2.45, 2.75) is 27.3 Å². The van der Waals surface area contributed by atoms with Crippen molar-refractivity contribution in [1.82, 2.24) is 15.1 Å². The average molecular weight is 254 g/mol. The molecule has 0 aliphatic rings. The van der Waals surface area contributed by atoms with E-state index in [-0.39, 0.29) is 10.9 Å². The molecule has 0 bridgehead atoms. The van der Waals surface area contributed by atoms with Crippen molar-refractivity contribution in [2.24, 2.45) is 11.1 Å². The quantitative estimate of drug-likeness (QED) is 0.756. The molecule has 1 rings (SSSR count). The summed E-state index contributed by atoms with van der Waals surface area (Å²) in [6.07, 6.45) is 3.70. The number of carbonyl (C=O) groups excluding carboxylic acids is 1. The van der Waals surface area contributed by atoms with Crippen LogP contribution in [0.3, 0.4) is 0 Å². The van der Waals surface area contributed by atoms with Gasteiger partial charge in [-0.2, -0.15) is 5.10 Å². The van der Waals surface area contributed by atoms with Gasteiger partial charge in [-0.1, -0.05) is 12.2 Å². The lowest BCUT2D eigenvalue weighted by atomic mass is 9.92. The Morgan fingerprint density at radius 2 is 2.29 bits per heavy atom. The van der Waals surface area contributed by atoms with Crippen LogP contribution < -0.4 is 11.1 Å². The van der Waals surface area contributed by atoms with E-state index in [9.17, 15) is 4.79 Å². The molecule has 0 unspecified atom stereocenters. The number of aromatic nitrogens is 2. The molecular weight excluding hydrogens is 236 g/mol. The third kappa shape index (κ3) is 3.52. The third-order valence-electron chi connectivity index (χ3n) is 2.57. The summed E-state index contributed by atoms with van der Waals surface area (Å²) in [7, 11) is 0. The number of amides is 1. The minimum atomic E-state index is -0.810. The van der Waals surface area contributed by atoms with Crippen LogP contribution >= 0.6 is 12.2 Å². The van der Waals surface area contributed by atoms with Gasteiger partial charge in [0.15, 0.2) is 0 Å². The lowest BCUT2D eigenvalue weighted by Gasteiger charge is -2.21. The van der Waals surface area contributed by atoms with Gasteiger partial charge < -0.3 is 11.1 Å². The largest absolute Gasteiger partial charge is 0.392 e. The number of hydrogen-bond acceptors (Lipinski definition) is 3. The average Bonchev–Trinajstić information content (AvgIpc) is 2.63. The fourth-order valence-electron chi connectivity index (χ4n) is 1.21. The molecule has 1 amide bonds. The molecule has 94 valence electrons. The van der Waals surface area contributed by atoms with Crippen molar-refractivity contribution in [1.29, 1.82) is 0 Å². The summed E-state index contributed by atoms with van der Waals surface area (Å²) >= 11 is 4.85. The second kappa shape index (κ2) is 5.27. The van der Waals surface area contributed by atoms with Gasteiger partial charge in [-0.25, -0.2) is 0 Å². The molecule has 17 heavy (non-hydrogen) atoms. The first-order chi connectivity index (χ1) is 7.84. The topological polar surface area (TPSA) is 72.9 Å². The number of nitrogens with one attached hydrogen (secondary N) is 1. The molecule has 0 saturated carbocycles. The maximum absolute atomic E-state index is 11.8. The van der Waals surface area contributed by atoms with Crippen LogP contribution in [0.1, 0.15) is 19.4 Å². The molecule has 0 radical (unpaired) electrons. The Morgan fingerprint density at radius 1 is 1.65 bits per heavy atom. The fourth-order valence-corrected chi connectivity index (χ4v) is 1.30. The van der Waals surface area contributed by atoms with Crippen molar-refractivity contribution in [2.75, 3.05) is 6.54 Å². The number of nitrogens with zero attached hydrogens (tertiary/aromatic N) is 2. The standard InChI is InChI=1S/C11H18N4OS/c1-8-6-14-15(7-8)5-4-13-10(16)11(2,3)9(12)17/h6-7H,4-5H2,1-3H3,(H2,12,17)(H,13,16). The van der Waals surface area contributed by atoms with Crippen molar-refractivity contribution < 1.29 is 4.79 Å². The Labute approximate surface area is 106 Å². The zero-order valence-corrected chi connectivity index (χ0v) is 11.2. The van der Waals surface area contributed by atoms with E-state index in [0.29, 0.717) is 13.1 Å². The highest BCUT2D eigenvalue weighted by Crippen LogP contribution is 2.14. The minimum absolute atomic E-state index is 0.158. The highest BCUT2D eigenvalue weighted by atomic mass is 32.1. The highest BCUT2D eigenvalue weighted by Gasteiger charge is 2.30. The van der Waals surface area contributed by atoms with Crippen LogP contribution in [0.25, 0.3) is 0 Å². The number of hydrogen-bond donors (Lipinski definition) is 2. The van der Waals surface area contributed by atoms with E-state index in [1.807, 2.05) is 13.1 Å². The third-order valence-corrected chi connectivity index (χ3v) is 3.08. The van der Waals surface area contributed by atoms with Crippen LogP contribution in [0.4, 0.5) is 0 Å². The highest BCUT2D eigenvalue weighted by molar-refractivity contribution is 7.80. The fraction of sp³-hybridized carbons (Fsp3) is 0.545. The molecule has 0 saturated heterocycles. The molecule has 3 N–H and O–H groups in total. The van der Waals surface area contributed by atoms with Gasteiger partial charge in [0.05, 0.1) is 23.1 Å². The monoisotopic (exact) mass is 254 g/mol. The zero-order chi connectivity index (χ0) is 13.1. The summed E-state index contributed by atoms with van der Waals surface area (Å²) in [6.45, 7) is 6.53. The molecular formula is C11H18N4OS. The van der Waals surface area contributed by atoms with E-state index in [1.54, 1.807) is 24.7 Å². The number of rotatable bonds is 5. The second-order valence-electron chi connectivity index (χ2n) is 4.53. The number of carbonyl (C=O) groups is 1. The Balaban J connectivity index is 2.42. The summed E-state index contributed by atoms with van der Waals surface area (Å²) in [6, 6.07) is 0. The summed E-state index contributed by atoms with van der Waals surface area (Å²) in [5, 5.41) is 6.92. The van der Waals surface area contributed by atoms with Crippen molar-refractivity contribution >= 4 is 23.1 Å². The Kier molecular flexibility index (Phi) is 4.22. The lowest BCUT2D eigenvalue weighted by molar-refractivity contribution is -0.126. The molecule has 0 fully saturated rings. The first kappa shape index (κ1) is 13.6. The Bertz CT molecular complexity index is 425. The number of thiocarbonyl (C=S) groups is 1. The van der Waals surface area contributed by atoms with Crippen LogP contribution in [-0.2, 0) is 11.3 Å². The normalized spacial score (nSPS) is 11.2. The van der Waals surface area contributed by atoms with Crippen LogP contribution in [0.5, 0.6) is 0 Å². The van der Waals surface area contributed by atoms with E-state index < -0.39 is 5.41 Å². The first-order valence-electron chi connectivity index (χ1n) is 5.41. The van der Waals surface area contributed by atoms with Crippen molar-refractivity contribution in [3.63, 3.8) is 0 Å². The molecule has 0 spiro atoms. The summed E-state index contributed by atoms with van der Waals surface area (Å²) in [5.41, 5.74) is 5.80. The van der Waals surface area contributed by atoms with Gasteiger partial charge in [0.1, 0.15) is 0 Å². The van der Waals surface area contributed by atoms with Crippen LogP contribution in [0.15, 0.2) is 12.4 Å². The van der Waals surface area contributed by atoms with E-state index >= 15 is 0 Å². The molecule has 5 nitrogen and oxygen atoms in total. The predicted octanol–water partition coefficient (Wildman–Crippen LogP) is 0.620. The summed E-state index contributed by atoms with van der Waals surface area (Å²) in [5.74, 6) is -0.158. The van der Waals surface area contributed by atoms with Gasteiger partial charge in [0.25, 0.3) is 0 Å². The molecule has 0 aliphatic heterocycles. The molecule has 0 atom stereocenters. The van der Waals surface area contributed by atoms with Gasteiger partial charge in [0, 0.05) is 12.7 Å². The SMILES string of the molecule is Cc1cnn(CCNC(=O)C(C)(C)C(N)=S)c1. The molecule has 1 aromatic heterocycles. The van der Waals surface area contributed by atoms with Gasteiger partial charge in [-0.05, 0) is 26.3 Å². The Hall–Kier alpha value is -1.43. The molecule has 0 aromatic carbocycles. The number of nitrogens with two attached hydrogens (primary N) is 1. The predicted molar refractivity (Wildman–Crippen MR) is 70.5 cm³/mol. The lowest BCUT2D eigenvalue weighted by Crippen LogP contribution is -2.45. The second-order valence-corrected chi connectivity index (χ2v) is 4.97. The van der Waals surface area contributed by atoms with Gasteiger partial charge in [0.2, 0.25) is 5.91 Å². The molecule has 6 heteroatoms. The molecule has 1 heterocycles. The van der Waals surface area contributed by atoms with E-state index in [4.69, 9.17) is 18.0 Å². The van der Waals surface area contributed by atoms with E-state index in [1.165, 1.54) is 0 Å². The van der Waals surface area contributed by atoms with Gasteiger partial charge in [-0.15, -0.1) is 0 Å². The Morgan fingerprint density at radius 3 is 2.76 bits per heavy atom. The van der Waals surface area contributed by atoms with E-state index in [2.05, 4.69) is 10.4 Å². The van der Waals surface area contributed by atoms with Crippen LogP contribution in [-0.4, -0.2) is 27.2 Å². The van der Waals surface area contributed by atoms with Crippen LogP contribution in [0, 0.1) is 12.3 Å². The summed E-state index contributed by atoms with van der Waals surface area (Å²) in [4.78, 5) is 12.0. The minimum Gasteiger partial charge on any atom is -0.392 e. The smallest absolute Gasteiger partial charge is 0.232 e. The van der Waals surface area contributed by atoms with Gasteiger partial charge >= 0.3 is 0 Å². The van der Waals surface area contributed by atoms with Crippen molar-refractivity contribution in [3.8, 4) is 0 Å². The van der Waals surface area contributed by atoms with Crippen LogP contribution in [0.2, 0.25) is 0 Å².